The van der Waals surface area contributed by atoms with E-state index in [0.29, 0.717) is 33.3 Å². The number of hydrogen-bond donors (Lipinski definition) is 2. The summed E-state index contributed by atoms with van der Waals surface area (Å²) in [5.74, 6) is -0.471. The minimum Gasteiger partial charge on any atom is -0.492 e. The molecule has 8 nitrogen and oxygen atoms in total. The van der Waals surface area contributed by atoms with E-state index in [2.05, 4.69) is 0 Å². The molecule has 2 atom stereocenters. The highest BCUT2D eigenvalue weighted by atomic mass is 35.5. The van der Waals surface area contributed by atoms with Gasteiger partial charge in [-0.05, 0) is 31.0 Å². The molecule has 1 unspecified atom stereocenters. The number of carboxylic acids is 1. The molecular weight excluding hydrogens is 480 g/mol. The Balaban J connectivity index is 2.15. The molecule has 0 radical (unpaired) electrons. The summed E-state index contributed by atoms with van der Waals surface area (Å²) >= 11 is 11.9. The average molecular weight is 515 g/mol. The highest BCUT2D eigenvalue weighted by Crippen LogP contribution is 2.45. The maximum atomic E-state index is 12.1. The first-order chi connectivity index (χ1) is 14.9. The van der Waals surface area contributed by atoms with E-state index in [4.69, 9.17) is 42.1 Å². The monoisotopic (exact) mass is 514 g/mol. The number of phosphoric ester groups is 1. The number of halogens is 2. The van der Waals surface area contributed by atoms with Gasteiger partial charge < -0.3 is 19.2 Å². The van der Waals surface area contributed by atoms with Gasteiger partial charge in [-0.25, -0.2) is 4.57 Å². The second kappa shape index (κ2) is 14.4. The molecule has 2 N–H and O–H groups in total. The third-order valence-corrected chi connectivity index (χ3v) is 5.98. The van der Waals surface area contributed by atoms with E-state index in [-0.39, 0.29) is 19.6 Å². The van der Waals surface area contributed by atoms with Crippen molar-refractivity contribution in [2.45, 2.75) is 51.0 Å². The molecule has 0 aliphatic rings. The van der Waals surface area contributed by atoms with Crippen LogP contribution in [0.1, 0.15) is 44.9 Å². The zero-order chi connectivity index (χ0) is 24.2. The molecule has 11 heteroatoms. The first-order valence-corrected chi connectivity index (χ1v) is 12.9. The van der Waals surface area contributed by atoms with E-state index in [1.165, 1.54) is 0 Å². The van der Waals surface area contributed by atoms with Crippen molar-refractivity contribution in [3.8, 4) is 5.75 Å². The van der Waals surface area contributed by atoms with Gasteiger partial charge in [-0.1, -0.05) is 48.9 Å². The van der Waals surface area contributed by atoms with Crippen LogP contribution in [-0.2, 0) is 18.4 Å². The number of unbranched alkanes of at least 4 members (excludes halogenated alkanes) is 5. The van der Waals surface area contributed by atoms with Gasteiger partial charge in [0.15, 0.2) is 0 Å². The van der Waals surface area contributed by atoms with Crippen LogP contribution in [0.15, 0.2) is 18.2 Å². The summed E-state index contributed by atoms with van der Waals surface area (Å²) in [6.07, 6.45) is 4.05. The van der Waals surface area contributed by atoms with Gasteiger partial charge >= 0.3 is 13.8 Å². The number of likely N-dealkylation sites (N-methyl/N-ethyl adjacent to an activating group) is 1. The third kappa shape index (κ3) is 14.3. The fraction of sp³-hybridized carbons (Fsp3) is 0.667. The number of quaternary nitrogens is 1. The lowest BCUT2D eigenvalue weighted by molar-refractivity contribution is -0.873. The fourth-order valence-electron chi connectivity index (χ4n) is 3.03. The van der Waals surface area contributed by atoms with E-state index in [9.17, 15) is 14.3 Å². The normalized spacial score (nSPS) is 14.7. The lowest BCUT2D eigenvalue weighted by Gasteiger charge is -2.29. The zero-order valence-electron chi connectivity index (χ0n) is 19.0. The van der Waals surface area contributed by atoms with Crippen LogP contribution in [0.4, 0.5) is 0 Å². The fourth-order valence-corrected chi connectivity index (χ4v) is 4.43. The summed E-state index contributed by atoms with van der Waals surface area (Å²) in [7, 11) is 1.24. The molecule has 0 saturated heterocycles. The van der Waals surface area contributed by atoms with Crippen molar-refractivity contribution in [3.63, 3.8) is 0 Å². The van der Waals surface area contributed by atoms with Gasteiger partial charge in [-0.2, -0.15) is 0 Å². The van der Waals surface area contributed by atoms with Gasteiger partial charge in [0.25, 0.3) is 0 Å². The number of nitrogens with zero attached hydrogens (tertiary/aromatic N) is 1. The number of carbonyl (C=O) groups is 1. The van der Waals surface area contributed by atoms with Crippen LogP contribution < -0.4 is 4.74 Å². The Morgan fingerprint density at radius 1 is 1.06 bits per heavy atom. The third-order valence-electron chi connectivity index (χ3n) is 4.38. The molecule has 0 spiro atoms. The predicted octanol–water partition coefficient (Wildman–Crippen LogP) is 5.40. The summed E-state index contributed by atoms with van der Waals surface area (Å²) in [5, 5.41) is 10.1. The van der Waals surface area contributed by atoms with Crippen LogP contribution in [0.3, 0.4) is 0 Å². The van der Waals surface area contributed by atoms with Crippen molar-refractivity contribution in [2.75, 3.05) is 40.9 Å². The maximum Gasteiger partial charge on any atom is 0.472 e. The first kappa shape index (κ1) is 29.2. The second-order valence-electron chi connectivity index (χ2n) is 8.64. The number of benzene rings is 1. The largest absolute Gasteiger partial charge is 0.492 e. The van der Waals surface area contributed by atoms with Gasteiger partial charge in [0.2, 0.25) is 0 Å². The highest BCUT2D eigenvalue weighted by molar-refractivity contribution is 7.47. The lowest BCUT2D eigenvalue weighted by atomic mass is 10.1. The Bertz CT molecular complexity index is 758. The van der Waals surface area contributed by atoms with Gasteiger partial charge in [0.05, 0.1) is 45.8 Å². The molecule has 1 aromatic carbocycles. The predicted molar refractivity (Wildman–Crippen MR) is 125 cm³/mol. The number of rotatable bonds is 17. The van der Waals surface area contributed by atoms with Gasteiger partial charge in [0.1, 0.15) is 18.4 Å². The summed E-state index contributed by atoms with van der Waals surface area (Å²) in [6.45, 7) is 0.921. The number of hydrogen-bond acceptors (Lipinski definition) is 5. The molecule has 184 valence electrons. The summed E-state index contributed by atoms with van der Waals surface area (Å²) in [6, 6.07) is 5.13. The van der Waals surface area contributed by atoms with Gasteiger partial charge in [0, 0.05) is 5.02 Å². The first-order valence-electron chi connectivity index (χ1n) is 10.6. The molecule has 1 aromatic rings. The van der Waals surface area contributed by atoms with Crippen molar-refractivity contribution in [1.29, 1.82) is 0 Å². The molecule has 1 rings (SSSR count). The van der Waals surface area contributed by atoms with Gasteiger partial charge in [-0.3, -0.25) is 13.8 Å². The Labute approximate surface area is 200 Å². The molecule has 0 bridgehead atoms. The minimum atomic E-state index is -4.31. The van der Waals surface area contributed by atoms with Crippen molar-refractivity contribution < 1.29 is 37.6 Å². The molecule has 0 aliphatic heterocycles. The van der Waals surface area contributed by atoms with Crippen LogP contribution in [0.5, 0.6) is 5.75 Å². The molecule has 0 amide bonds. The Morgan fingerprint density at radius 2 is 1.66 bits per heavy atom. The van der Waals surface area contributed by atoms with Crippen molar-refractivity contribution in [1.82, 2.24) is 0 Å². The molecular formula is C21H35Cl2NO7P+. The number of ether oxygens (including phenoxy) is 1. The molecule has 0 aliphatic carbocycles. The van der Waals surface area contributed by atoms with E-state index in [1.807, 2.05) is 21.1 Å². The average Bonchev–Trinajstić information content (AvgIpc) is 2.62. The van der Waals surface area contributed by atoms with Crippen molar-refractivity contribution in [2.24, 2.45) is 0 Å². The van der Waals surface area contributed by atoms with Crippen LogP contribution in [-0.4, -0.2) is 67.5 Å². The zero-order valence-corrected chi connectivity index (χ0v) is 21.4. The van der Waals surface area contributed by atoms with E-state index in [1.54, 1.807) is 18.2 Å². The van der Waals surface area contributed by atoms with Gasteiger partial charge in [-0.15, -0.1) is 0 Å². The lowest BCUT2D eigenvalue weighted by Crippen LogP contribution is -2.42. The quantitative estimate of drug-likeness (QED) is 0.163. The van der Waals surface area contributed by atoms with Crippen LogP contribution in [0.25, 0.3) is 0 Å². The number of phosphoric acid groups is 1. The molecule has 0 saturated carbocycles. The summed E-state index contributed by atoms with van der Waals surface area (Å²) in [5.41, 5.74) is 0. The summed E-state index contributed by atoms with van der Waals surface area (Å²) < 4.78 is 28.3. The van der Waals surface area contributed by atoms with Crippen molar-refractivity contribution >= 4 is 37.0 Å². The number of carboxylic acid groups (broad SMARTS) is 1. The highest BCUT2D eigenvalue weighted by Gasteiger charge is 2.31. The van der Waals surface area contributed by atoms with Crippen molar-refractivity contribution in [3.05, 3.63) is 28.2 Å². The SMILES string of the molecule is C[N+](C)(C)C[C@@H](CC(=O)O)OP(=O)(O)OCCCCCCCCOc1ccc(Cl)cc1Cl. The van der Waals surface area contributed by atoms with E-state index in [0.717, 1.165) is 32.1 Å². The van der Waals surface area contributed by atoms with E-state index < -0.39 is 19.9 Å². The van der Waals surface area contributed by atoms with Crippen LogP contribution in [0.2, 0.25) is 10.0 Å². The Kier molecular flexibility index (Phi) is 13.1. The maximum absolute atomic E-state index is 12.1. The standard InChI is InChI=1S/C21H34Cl2NO7P/c1-24(2,3)16-18(15-21(25)26)31-32(27,28)30-13-9-7-5-4-6-8-12-29-20-11-10-17(22)14-19(20)23/h10-11,14,18H,4-9,12-13,15-16H2,1-3H3,(H-,25,26,27,28)/p+1/t18-/m1/s1. The summed E-state index contributed by atoms with van der Waals surface area (Å²) in [4.78, 5) is 20.9. The topological polar surface area (TPSA) is 102 Å². The second-order valence-corrected chi connectivity index (χ2v) is 10.9. The molecule has 32 heavy (non-hydrogen) atoms. The minimum absolute atomic E-state index is 0.0795. The Morgan fingerprint density at radius 3 is 2.22 bits per heavy atom. The molecule has 0 aromatic heterocycles. The molecule has 0 fully saturated rings. The number of aliphatic carboxylic acids is 1. The molecule has 0 heterocycles. The van der Waals surface area contributed by atoms with Crippen LogP contribution in [0, 0.1) is 0 Å². The smallest absolute Gasteiger partial charge is 0.472 e. The van der Waals surface area contributed by atoms with E-state index >= 15 is 0 Å². The van der Waals surface area contributed by atoms with Crippen LogP contribution >= 0.6 is 31.0 Å². The Hall–Kier alpha value is -0.860.